The monoisotopic (exact) mass is 448 g/mol. The van der Waals surface area contributed by atoms with Gasteiger partial charge in [-0.05, 0) is 55.9 Å². The minimum Gasteiger partial charge on any atom is -0.368 e. The summed E-state index contributed by atoms with van der Waals surface area (Å²) in [4.78, 5) is 29.9. The molecule has 0 unspecified atom stereocenters. The van der Waals surface area contributed by atoms with E-state index in [1.807, 2.05) is 39.1 Å². The third-order valence-electron chi connectivity index (χ3n) is 5.16. The number of aryl methyl sites for hydroxylation is 1. The zero-order valence-electron chi connectivity index (χ0n) is 18.2. The summed E-state index contributed by atoms with van der Waals surface area (Å²) in [7, 11) is 0. The highest BCUT2D eigenvalue weighted by molar-refractivity contribution is 8.02. The van der Waals surface area contributed by atoms with Crippen LogP contribution in [0.1, 0.15) is 68.1 Å². The fourth-order valence-electron chi connectivity index (χ4n) is 3.56. The molecular weight excluding hydrogens is 416 g/mol. The maximum Gasteiger partial charge on any atom is 0.251 e. The van der Waals surface area contributed by atoms with Crippen molar-refractivity contribution in [1.29, 1.82) is 0 Å². The summed E-state index contributed by atoms with van der Waals surface area (Å²) < 4.78 is 4.15. The standard InChI is InChI=1S/C20H26N4O2S2.C2H6/c1-13-12-22-19(27-13)28-24-15-7-5-14(6-8-15)18(26)23-16(17(21)25)11-20(2)9-3-4-10-20;1-2/h5-8,12,16,24H,3-4,9-11H2,1-2H3,(H2,21,25)(H,23,26);1-2H3/t16-;/m0./s1. The first-order valence-electron chi connectivity index (χ1n) is 10.4. The summed E-state index contributed by atoms with van der Waals surface area (Å²) in [5.74, 6) is -0.755. The highest BCUT2D eigenvalue weighted by atomic mass is 32.2. The number of carbonyl (C=O) groups is 2. The first kappa shape index (κ1) is 24.2. The van der Waals surface area contributed by atoms with E-state index in [1.165, 1.54) is 24.8 Å². The first-order chi connectivity index (χ1) is 14.3. The van der Waals surface area contributed by atoms with Gasteiger partial charge < -0.3 is 15.8 Å². The van der Waals surface area contributed by atoms with Crippen LogP contribution in [0.25, 0.3) is 0 Å². The quantitative estimate of drug-likeness (QED) is 0.485. The van der Waals surface area contributed by atoms with Crippen molar-refractivity contribution in [3.63, 3.8) is 0 Å². The molecule has 2 aromatic rings. The molecule has 0 bridgehead atoms. The second-order valence-electron chi connectivity index (χ2n) is 7.67. The number of primary amides is 1. The number of benzene rings is 1. The van der Waals surface area contributed by atoms with E-state index >= 15 is 0 Å². The van der Waals surface area contributed by atoms with Crippen LogP contribution in [0.4, 0.5) is 5.69 Å². The van der Waals surface area contributed by atoms with E-state index < -0.39 is 11.9 Å². The zero-order valence-corrected chi connectivity index (χ0v) is 19.8. The molecule has 1 heterocycles. The molecule has 1 aromatic carbocycles. The van der Waals surface area contributed by atoms with Gasteiger partial charge in [0, 0.05) is 34.3 Å². The number of nitrogens with two attached hydrogens (primary N) is 1. The Morgan fingerprint density at radius 2 is 1.87 bits per heavy atom. The Kier molecular flexibility index (Phi) is 9.17. The van der Waals surface area contributed by atoms with Gasteiger partial charge in [0.2, 0.25) is 5.91 Å². The number of aromatic nitrogens is 1. The second-order valence-corrected chi connectivity index (χ2v) is 9.96. The molecule has 0 aliphatic heterocycles. The first-order valence-corrected chi connectivity index (χ1v) is 12.0. The van der Waals surface area contributed by atoms with Gasteiger partial charge in [-0.25, -0.2) is 4.98 Å². The molecule has 4 N–H and O–H groups in total. The number of nitrogens with one attached hydrogen (secondary N) is 2. The van der Waals surface area contributed by atoms with Crippen molar-refractivity contribution in [2.45, 2.75) is 70.2 Å². The number of hydrogen-bond acceptors (Lipinski definition) is 6. The molecule has 164 valence electrons. The van der Waals surface area contributed by atoms with Crippen LogP contribution >= 0.6 is 23.3 Å². The topological polar surface area (TPSA) is 97.1 Å². The van der Waals surface area contributed by atoms with Crippen LogP contribution in [-0.2, 0) is 4.79 Å². The van der Waals surface area contributed by atoms with Crippen LogP contribution in [-0.4, -0.2) is 22.8 Å². The van der Waals surface area contributed by atoms with Gasteiger partial charge in [0.1, 0.15) is 6.04 Å². The van der Waals surface area contributed by atoms with Crippen molar-refractivity contribution >= 4 is 40.8 Å². The molecule has 2 amide bonds. The molecule has 0 spiro atoms. The van der Waals surface area contributed by atoms with E-state index in [1.54, 1.807) is 23.5 Å². The lowest BCUT2D eigenvalue weighted by atomic mass is 9.82. The van der Waals surface area contributed by atoms with Gasteiger partial charge in [-0.2, -0.15) is 0 Å². The molecule has 1 aromatic heterocycles. The van der Waals surface area contributed by atoms with Gasteiger partial charge in [0.25, 0.3) is 5.91 Å². The molecular formula is C22H32N4O2S2. The summed E-state index contributed by atoms with van der Waals surface area (Å²) in [5, 5.41) is 2.82. The Bertz CT molecular complexity index is 830. The van der Waals surface area contributed by atoms with Crippen molar-refractivity contribution in [2.75, 3.05) is 4.72 Å². The third kappa shape index (κ3) is 7.02. The summed E-state index contributed by atoms with van der Waals surface area (Å²) >= 11 is 3.05. The lowest BCUT2D eigenvalue weighted by molar-refractivity contribution is -0.120. The Morgan fingerprint density at radius 1 is 1.23 bits per heavy atom. The van der Waals surface area contributed by atoms with E-state index in [4.69, 9.17) is 5.73 Å². The van der Waals surface area contributed by atoms with Crippen LogP contribution in [0.2, 0.25) is 0 Å². The number of anilines is 1. The minimum atomic E-state index is -0.642. The van der Waals surface area contributed by atoms with E-state index in [2.05, 4.69) is 21.9 Å². The van der Waals surface area contributed by atoms with Crippen LogP contribution in [0.15, 0.2) is 34.8 Å². The number of amides is 2. The SMILES string of the molecule is CC.Cc1cnc(SNc2ccc(C(=O)N[C@@H](CC3(C)CCCC3)C(N)=O)cc2)s1. The van der Waals surface area contributed by atoms with Crippen molar-refractivity contribution in [3.8, 4) is 0 Å². The van der Waals surface area contributed by atoms with Gasteiger partial charge in [-0.1, -0.05) is 33.6 Å². The summed E-state index contributed by atoms with van der Waals surface area (Å²) in [6, 6.07) is 6.50. The fraction of sp³-hybridized carbons (Fsp3) is 0.500. The van der Waals surface area contributed by atoms with Crippen molar-refractivity contribution in [2.24, 2.45) is 11.1 Å². The Morgan fingerprint density at radius 3 is 2.40 bits per heavy atom. The average molecular weight is 449 g/mol. The molecule has 1 aliphatic rings. The normalized spacial score (nSPS) is 15.6. The van der Waals surface area contributed by atoms with Crippen molar-refractivity contribution in [3.05, 3.63) is 40.9 Å². The van der Waals surface area contributed by atoms with E-state index in [0.29, 0.717) is 12.0 Å². The fourth-order valence-corrected chi connectivity index (χ4v) is 5.18. The third-order valence-corrected chi connectivity index (χ3v) is 6.98. The van der Waals surface area contributed by atoms with Crippen LogP contribution in [0.5, 0.6) is 0 Å². The summed E-state index contributed by atoms with van der Waals surface area (Å²) in [5.41, 5.74) is 7.00. The van der Waals surface area contributed by atoms with Gasteiger partial charge in [0.15, 0.2) is 4.34 Å². The molecule has 3 rings (SSSR count). The number of thiazole rings is 1. The number of carbonyl (C=O) groups excluding carboxylic acids is 2. The molecule has 6 nitrogen and oxygen atoms in total. The average Bonchev–Trinajstić information content (AvgIpc) is 3.36. The second kappa shape index (κ2) is 11.4. The van der Waals surface area contributed by atoms with Crippen LogP contribution < -0.4 is 15.8 Å². The van der Waals surface area contributed by atoms with Gasteiger partial charge in [-0.3, -0.25) is 9.59 Å². The van der Waals surface area contributed by atoms with Crippen molar-refractivity contribution in [1.82, 2.24) is 10.3 Å². The van der Waals surface area contributed by atoms with Crippen LogP contribution in [0.3, 0.4) is 0 Å². The zero-order chi connectivity index (χ0) is 22.1. The summed E-state index contributed by atoms with van der Waals surface area (Å²) in [6.07, 6.45) is 6.92. The predicted octanol–water partition coefficient (Wildman–Crippen LogP) is 5.15. The highest BCUT2D eigenvalue weighted by Gasteiger charge is 2.34. The molecule has 1 aliphatic carbocycles. The lowest BCUT2D eigenvalue weighted by Crippen LogP contribution is -2.46. The maximum atomic E-state index is 12.6. The highest BCUT2D eigenvalue weighted by Crippen LogP contribution is 2.41. The Labute approximate surface area is 187 Å². The van der Waals surface area contributed by atoms with Gasteiger partial charge in [-0.15, -0.1) is 11.3 Å². The van der Waals surface area contributed by atoms with Gasteiger partial charge >= 0.3 is 0 Å². The molecule has 30 heavy (non-hydrogen) atoms. The minimum absolute atomic E-state index is 0.0756. The molecule has 0 saturated heterocycles. The number of nitrogens with zero attached hydrogens (tertiary/aromatic N) is 1. The molecule has 1 fully saturated rings. The van der Waals surface area contributed by atoms with E-state index in [9.17, 15) is 9.59 Å². The van der Waals surface area contributed by atoms with E-state index in [0.717, 1.165) is 27.7 Å². The molecule has 8 heteroatoms. The summed E-state index contributed by atoms with van der Waals surface area (Å²) in [6.45, 7) is 8.19. The molecule has 0 radical (unpaired) electrons. The van der Waals surface area contributed by atoms with Crippen molar-refractivity contribution < 1.29 is 9.59 Å². The largest absolute Gasteiger partial charge is 0.368 e. The maximum absolute atomic E-state index is 12.6. The molecule has 1 atom stereocenters. The predicted molar refractivity (Wildman–Crippen MR) is 126 cm³/mol. The Hall–Kier alpha value is -2.06. The van der Waals surface area contributed by atoms with Crippen LogP contribution in [0, 0.1) is 12.3 Å². The van der Waals surface area contributed by atoms with E-state index in [-0.39, 0.29) is 11.3 Å². The number of rotatable bonds is 8. The van der Waals surface area contributed by atoms with Gasteiger partial charge in [0.05, 0.1) is 0 Å². The molecule has 1 saturated carbocycles. The number of hydrogen-bond donors (Lipinski definition) is 3. The Balaban J connectivity index is 0.00000155. The smallest absolute Gasteiger partial charge is 0.251 e. The lowest BCUT2D eigenvalue weighted by Gasteiger charge is -2.28.